The quantitative estimate of drug-likeness (QED) is 0.794. The number of halogens is 1. The Hall–Kier alpha value is -1.79. The first-order chi connectivity index (χ1) is 9.63. The van der Waals surface area contributed by atoms with Crippen LogP contribution in [0.5, 0.6) is 10.9 Å². The molecule has 2 aromatic rings. The number of esters is 1. The van der Waals surface area contributed by atoms with Crippen molar-refractivity contribution in [1.82, 2.24) is 4.98 Å². The van der Waals surface area contributed by atoms with Gasteiger partial charge in [0, 0.05) is 0 Å². The number of ether oxygens (including phenoxy) is 3. The third-order valence-electron chi connectivity index (χ3n) is 2.46. The van der Waals surface area contributed by atoms with E-state index >= 15 is 0 Å². The van der Waals surface area contributed by atoms with E-state index in [0.717, 1.165) is 22.6 Å². The first kappa shape index (κ1) is 14.6. The van der Waals surface area contributed by atoms with Crippen molar-refractivity contribution in [3.05, 3.63) is 39.9 Å². The normalized spacial score (nSPS) is 10.2. The molecule has 20 heavy (non-hydrogen) atoms. The Bertz CT molecular complexity index is 597. The third kappa shape index (κ3) is 3.40. The van der Waals surface area contributed by atoms with Crippen molar-refractivity contribution in [2.24, 2.45) is 0 Å². The maximum atomic E-state index is 11.4. The maximum absolute atomic E-state index is 11.4. The van der Waals surface area contributed by atoms with Gasteiger partial charge in [-0.15, -0.1) is 0 Å². The molecule has 7 heteroatoms. The van der Waals surface area contributed by atoms with Gasteiger partial charge in [0.1, 0.15) is 12.4 Å². The molecule has 0 N–H and O–H groups in total. The van der Waals surface area contributed by atoms with Gasteiger partial charge in [-0.05, 0) is 17.7 Å². The molecule has 0 bridgehead atoms. The molecule has 1 aromatic carbocycles. The van der Waals surface area contributed by atoms with Crippen molar-refractivity contribution in [3.63, 3.8) is 0 Å². The average molecular weight is 314 g/mol. The lowest BCUT2D eigenvalue weighted by atomic mass is 10.2. The highest BCUT2D eigenvalue weighted by Gasteiger charge is 2.18. The Morgan fingerprint density at radius 3 is 2.60 bits per heavy atom. The summed E-state index contributed by atoms with van der Waals surface area (Å²) in [7, 11) is 2.90. The summed E-state index contributed by atoms with van der Waals surface area (Å²) in [5, 5.41) is 0.415. The Kier molecular flexibility index (Phi) is 4.81. The van der Waals surface area contributed by atoms with Crippen LogP contribution in [-0.4, -0.2) is 25.2 Å². The molecule has 1 heterocycles. The van der Waals surface area contributed by atoms with Crippen LogP contribution in [0.25, 0.3) is 0 Å². The van der Waals surface area contributed by atoms with Crippen LogP contribution < -0.4 is 9.47 Å². The maximum Gasteiger partial charge on any atom is 0.351 e. The fraction of sp³-hybridized carbons (Fsp3) is 0.231. The number of hydrogen-bond donors (Lipinski definition) is 0. The van der Waals surface area contributed by atoms with E-state index in [4.69, 9.17) is 21.1 Å². The number of hydrogen-bond acceptors (Lipinski definition) is 6. The number of rotatable bonds is 5. The molecular weight excluding hydrogens is 302 g/mol. The van der Waals surface area contributed by atoms with Gasteiger partial charge in [0.25, 0.3) is 5.19 Å². The van der Waals surface area contributed by atoms with E-state index in [-0.39, 0.29) is 10.0 Å². The molecule has 2 rings (SSSR count). The van der Waals surface area contributed by atoms with Gasteiger partial charge in [0.15, 0.2) is 10.0 Å². The fourth-order valence-electron chi connectivity index (χ4n) is 1.43. The predicted octanol–water partition coefficient (Wildman–Crippen LogP) is 3.17. The van der Waals surface area contributed by atoms with E-state index in [1.165, 1.54) is 7.11 Å². The number of benzene rings is 1. The highest BCUT2D eigenvalue weighted by atomic mass is 35.5. The zero-order valence-corrected chi connectivity index (χ0v) is 12.5. The van der Waals surface area contributed by atoms with E-state index < -0.39 is 5.97 Å². The number of methoxy groups -OCH3 is 2. The minimum absolute atomic E-state index is 0.0894. The minimum atomic E-state index is -0.521. The van der Waals surface area contributed by atoms with Gasteiger partial charge < -0.3 is 14.2 Å². The molecular formula is C13H12ClNO4S. The molecule has 0 radical (unpaired) electrons. The van der Waals surface area contributed by atoms with Crippen molar-refractivity contribution >= 4 is 28.9 Å². The summed E-state index contributed by atoms with van der Waals surface area (Å²) < 4.78 is 15.2. The largest absolute Gasteiger partial charge is 0.497 e. The second-order valence-corrected chi connectivity index (χ2v) is 5.05. The number of aromatic nitrogens is 1. The van der Waals surface area contributed by atoms with E-state index in [1.807, 2.05) is 24.3 Å². The summed E-state index contributed by atoms with van der Waals surface area (Å²) in [6, 6.07) is 7.45. The summed E-state index contributed by atoms with van der Waals surface area (Å²) in [6.45, 7) is 0.328. The van der Waals surface area contributed by atoms with Crippen LogP contribution in [0, 0.1) is 0 Å². The second kappa shape index (κ2) is 6.58. The van der Waals surface area contributed by atoms with Crippen molar-refractivity contribution in [2.75, 3.05) is 14.2 Å². The number of thiazole rings is 1. The van der Waals surface area contributed by atoms with Crippen LogP contribution in [0.3, 0.4) is 0 Å². The van der Waals surface area contributed by atoms with Gasteiger partial charge in [-0.25, -0.2) is 4.79 Å². The van der Waals surface area contributed by atoms with Crippen molar-refractivity contribution < 1.29 is 19.0 Å². The van der Waals surface area contributed by atoms with E-state index in [9.17, 15) is 4.79 Å². The molecule has 0 aliphatic heterocycles. The van der Waals surface area contributed by atoms with Gasteiger partial charge in [-0.2, -0.15) is 4.98 Å². The topological polar surface area (TPSA) is 57.7 Å². The Morgan fingerprint density at radius 2 is 2.00 bits per heavy atom. The zero-order chi connectivity index (χ0) is 14.5. The molecule has 0 saturated carbocycles. The summed E-state index contributed by atoms with van der Waals surface area (Å²) >= 11 is 6.90. The second-order valence-electron chi connectivity index (χ2n) is 3.73. The zero-order valence-electron chi connectivity index (χ0n) is 10.9. The standard InChI is InChI=1S/C13H12ClNO4S/c1-17-9-5-3-8(4-6-9)7-19-13-15-11(14)10(20-13)12(16)18-2/h3-6H,7H2,1-2H3. The van der Waals surface area contributed by atoms with Gasteiger partial charge in [0.2, 0.25) is 0 Å². The number of carbonyl (C=O) groups excluding carboxylic acids is 1. The Labute approximate surface area is 125 Å². The lowest BCUT2D eigenvalue weighted by Crippen LogP contribution is -1.98. The lowest BCUT2D eigenvalue weighted by molar-refractivity contribution is 0.0606. The molecule has 0 aliphatic rings. The van der Waals surface area contributed by atoms with Crippen LogP contribution in [0.4, 0.5) is 0 Å². The molecule has 5 nitrogen and oxygen atoms in total. The van der Waals surface area contributed by atoms with Crippen molar-refractivity contribution in [3.8, 4) is 10.9 Å². The van der Waals surface area contributed by atoms with Gasteiger partial charge in [-0.1, -0.05) is 35.1 Å². The molecule has 0 atom stereocenters. The first-order valence-electron chi connectivity index (χ1n) is 5.64. The summed E-state index contributed by atoms with van der Waals surface area (Å²) in [5.41, 5.74) is 0.955. The summed E-state index contributed by atoms with van der Waals surface area (Å²) in [6.07, 6.45) is 0. The molecule has 106 valence electrons. The van der Waals surface area contributed by atoms with Crippen LogP contribution >= 0.6 is 22.9 Å². The molecule has 0 spiro atoms. The smallest absolute Gasteiger partial charge is 0.351 e. The van der Waals surface area contributed by atoms with Gasteiger partial charge in [-0.3, -0.25) is 0 Å². The van der Waals surface area contributed by atoms with Crippen LogP contribution in [-0.2, 0) is 11.3 Å². The fourth-order valence-corrected chi connectivity index (χ4v) is 2.48. The van der Waals surface area contributed by atoms with Crippen LogP contribution in [0.2, 0.25) is 5.15 Å². The summed E-state index contributed by atoms with van der Waals surface area (Å²) in [5.74, 6) is 0.255. The molecule has 0 saturated heterocycles. The highest BCUT2D eigenvalue weighted by Crippen LogP contribution is 2.29. The van der Waals surface area contributed by atoms with E-state index in [0.29, 0.717) is 11.8 Å². The number of nitrogens with zero attached hydrogens (tertiary/aromatic N) is 1. The summed E-state index contributed by atoms with van der Waals surface area (Å²) in [4.78, 5) is 15.6. The molecule has 0 fully saturated rings. The van der Waals surface area contributed by atoms with Gasteiger partial charge in [0.05, 0.1) is 14.2 Å². The Balaban J connectivity index is 2.01. The Morgan fingerprint density at radius 1 is 1.30 bits per heavy atom. The molecule has 0 unspecified atom stereocenters. The van der Waals surface area contributed by atoms with E-state index in [1.54, 1.807) is 7.11 Å². The monoisotopic (exact) mass is 313 g/mol. The molecule has 1 aromatic heterocycles. The average Bonchev–Trinajstić information content (AvgIpc) is 2.86. The van der Waals surface area contributed by atoms with Crippen LogP contribution in [0.15, 0.2) is 24.3 Å². The SMILES string of the molecule is COC(=O)c1sc(OCc2ccc(OC)cc2)nc1Cl. The van der Waals surface area contributed by atoms with Crippen molar-refractivity contribution in [1.29, 1.82) is 0 Å². The predicted molar refractivity (Wildman–Crippen MR) is 75.8 cm³/mol. The van der Waals surface area contributed by atoms with Gasteiger partial charge >= 0.3 is 5.97 Å². The molecule has 0 amide bonds. The molecule has 0 aliphatic carbocycles. The van der Waals surface area contributed by atoms with Crippen molar-refractivity contribution in [2.45, 2.75) is 6.61 Å². The van der Waals surface area contributed by atoms with Crippen LogP contribution in [0.1, 0.15) is 15.2 Å². The number of carbonyl (C=O) groups is 1. The highest BCUT2D eigenvalue weighted by molar-refractivity contribution is 7.15. The lowest BCUT2D eigenvalue weighted by Gasteiger charge is -2.03. The van der Waals surface area contributed by atoms with E-state index in [2.05, 4.69) is 9.72 Å². The third-order valence-corrected chi connectivity index (χ3v) is 3.79. The first-order valence-corrected chi connectivity index (χ1v) is 6.84. The minimum Gasteiger partial charge on any atom is -0.497 e.